The van der Waals surface area contributed by atoms with E-state index in [9.17, 15) is 19.7 Å². The highest BCUT2D eigenvalue weighted by atomic mass is 16.6. The van der Waals surface area contributed by atoms with Crippen molar-refractivity contribution in [3.05, 3.63) is 75.8 Å². The van der Waals surface area contributed by atoms with Crippen LogP contribution in [0.1, 0.15) is 36.7 Å². The van der Waals surface area contributed by atoms with Crippen molar-refractivity contribution in [1.29, 1.82) is 0 Å². The lowest BCUT2D eigenvalue weighted by Crippen LogP contribution is -2.27. The summed E-state index contributed by atoms with van der Waals surface area (Å²) in [4.78, 5) is 32.1. The molecule has 0 aliphatic rings. The van der Waals surface area contributed by atoms with Gasteiger partial charge in [0, 0.05) is 23.3 Å². The highest BCUT2D eigenvalue weighted by Crippen LogP contribution is 2.16. The first-order valence-corrected chi connectivity index (χ1v) is 7.43. The number of hydrogen-bond acceptors (Lipinski definition) is 5. The van der Waals surface area contributed by atoms with Crippen LogP contribution in [0.15, 0.2) is 54.6 Å². The Balaban J connectivity index is 0.000000333. The minimum absolute atomic E-state index is 0.0771. The van der Waals surface area contributed by atoms with Crippen LogP contribution in [0.5, 0.6) is 0 Å². The first-order chi connectivity index (χ1) is 11.6. The predicted molar refractivity (Wildman–Crippen MR) is 93.4 cm³/mol. The SMILES string of the molecule is CC(C)(C)OC(N)=O.O=C(c1ccccc1)c1cccc([N+](=O)[O-])c1. The third-order valence-corrected chi connectivity index (χ3v) is 2.76. The van der Waals surface area contributed by atoms with Crippen LogP contribution < -0.4 is 5.73 Å². The van der Waals surface area contributed by atoms with E-state index in [0.29, 0.717) is 11.1 Å². The number of hydrogen-bond donors (Lipinski definition) is 1. The van der Waals surface area contributed by atoms with Crippen molar-refractivity contribution in [3.8, 4) is 0 Å². The number of carbonyl (C=O) groups is 2. The molecule has 0 aliphatic carbocycles. The summed E-state index contributed by atoms with van der Waals surface area (Å²) in [6, 6.07) is 14.4. The number of carbonyl (C=O) groups excluding carboxylic acids is 2. The molecule has 7 heteroatoms. The van der Waals surface area contributed by atoms with Gasteiger partial charge in [0.15, 0.2) is 5.78 Å². The molecule has 25 heavy (non-hydrogen) atoms. The molecule has 0 saturated heterocycles. The van der Waals surface area contributed by atoms with Gasteiger partial charge in [0.1, 0.15) is 5.60 Å². The minimum atomic E-state index is -0.725. The van der Waals surface area contributed by atoms with Gasteiger partial charge < -0.3 is 10.5 Å². The van der Waals surface area contributed by atoms with Crippen LogP contribution in [-0.4, -0.2) is 22.4 Å². The smallest absolute Gasteiger partial charge is 0.405 e. The second-order valence-corrected chi connectivity index (χ2v) is 6.04. The number of non-ortho nitro benzene ring substituents is 1. The Morgan fingerprint density at radius 1 is 1.00 bits per heavy atom. The van der Waals surface area contributed by atoms with E-state index in [0.717, 1.165) is 0 Å². The van der Waals surface area contributed by atoms with E-state index in [2.05, 4.69) is 4.74 Å². The summed E-state index contributed by atoms with van der Waals surface area (Å²) in [7, 11) is 0. The summed E-state index contributed by atoms with van der Waals surface area (Å²) in [6.07, 6.45) is -0.725. The van der Waals surface area contributed by atoms with Gasteiger partial charge in [0.2, 0.25) is 0 Å². The third kappa shape index (κ3) is 7.26. The van der Waals surface area contributed by atoms with Crippen molar-refractivity contribution >= 4 is 17.6 Å². The summed E-state index contributed by atoms with van der Waals surface area (Å²) in [6.45, 7) is 5.28. The lowest BCUT2D eigenvalue weighted by molar-refractivity contribution is -0.384. The molecule has 2 aromatic rings. The van der Waals surface area contributed by atoms with E-state index in [4.69, 9.17) is 5.73 Å². The Labute approximate surface area is 145 Å². The predicted octanol–water partition coefficient (Wildman–Crippen LogP) is 3.71. The Bertz CT molecular complexity index is 752. The average molecular weight is 344 g/mol. The van der Waals surface area contributed by atoms with Crippen molar-refractivity contribution in [3.63, 3.8) is 0 Å². The van der Waals surface area contributed by atoms with Crippen LogP contribution in [0, 0.1) is 10.1 Å². The van der Waals surface area contributed by atoms with Crippen LogP contribution in [0.2, 0.25) is 0 Å². The molecule has 1 amide bonds. The summed E-state index contributed by atoms with van der Waals surface area (Å²) >= 11 is 0. The van der Waals surface area contributed by atoms with Crippen molar-refractivity contribution in [1.82, 2.24) is 0 Å². The van der Waals surface area contributed by atoms with Gasteiger partial charge in [-0.25, -0.2) is 4.79 Å². The van der Waals surface area contributed by atoms with Crippen molar-refractivity contribution < 1.29 is 19.2 Å². The number of benzene rings is 2. The van der Waals surface area contributed by atoms with Crippen LogP contribution in [0.25, 0.3) is 0 Å². The lowest BCUT2D eigenvalue weighted by atomic mass is 10.0. The van der Waals surface area contributed by atoms with Crippen LogP contribution in [0.3, 0.4) is 0 Å². The second kappa shape index (κ2) is 8.58. The third-order valence-electron chi connectivity index (χ3n) is 2.76. The maximum Gasteiger partial charge on any atom is 0.405 e. The number of ether oxygens (including phenoxy) is 1. The summed E-state index contributed by atoms with van der Waals surface area (Å²) < 4.78 is 4.58. The molecule has 0 radical (unpaired) electrons. The molecule has 0 bridgehead atoms. The molecule has 0 saturated carbocycles. The first kappa shape index (κ1) is 19.8. The summed E-state index contributed by atoms with van der Waals surface area (Å²) in [5.41, 5.74) is 5.03. The number of ketones is 1. The van der Waals surface area contributed by atoms with Gasteiger partial charge in [-0.15, -0.1) is 0 Å². The molecule has 2 N–H and O–H groups in total. The maximum absolute atomic E-state index is 12.0. The standard InChI is InChI=1S/C13H9NO3.C5H11NO2/c15-13(10-5-2-1-3-6-10)11-7-4-8-12(9-11)14(16)17;1-5(2,3)8-4(6)7/h1-9H;1-3H3,(H2,6,7). The fraction of sp³-hybridized carbons (Fsp3) is 0.222. The van der Waals surface area contributed by atoms with Gasteiger partial charge in [-0.05, 0) is 20.8 Å². The maximum atomic E-state index is 12.0. The van der Waals surface area contributed by atoms with Gasteiger partial charge in [-0.2, -0.15) is 0 Å². The molecule has 0 atom stereocenters. The summed E-state index contributed by atoms with van der Waals surface area (Å²) in [5, 5.41) is 10.6. The van der Waals surface area contributed by atoms with Crippen molar-refractivity contribution in [2.24, 2.45) is 5.73 Å². The molecular weight excluding hydrogens is 324 g/mol. The van der Waals surface area contributed by atoms with Gasteiger partial charge in [-0.3, -0.25) is 14.9 Å². The molecule has 0 heterocycles. The molecule has 0 spiro atoms. The normalized spacial score (nSPS) is 10.2. The van der Waals surface area contributed by atoms with Gasteiger partial charge in [-0.1, -0.05) is 42.5 Å². The van der Waals surface area contributed by atoms with Gasteiger partial charge in [0.05, 0.1) is 4.92 Å². The number of nitrogens with two attached hydrogens (primary N) is 1. The molecule has 2 aromatic carbocycles. The highest BCUT2D eigenvalue weighted by Gasteiger charge is 2.13. The largest absolute Gasteiger partial charge is 0.444 e. The van der Waals surface area contributed by atoms with Crippen molar-refractivity contribution in [2.45, 2.75) is 26.4 Å². The Morgan fingerprint density at radius 2 is 1.56 bits per heavy atom. The van der Waals surface area contributed by atoms with Crippen LogP contribution in [0.4, 0.5) is 10.5 Å². The number of nitro groups is 1. The van der Waals surface area contributed by atoms with Crippen LogP contribution >= 0.6 is 0 Å². The monoisotopic (exact) mass is 344 g/mol. The molecule has 7 nitrogen and oxygen atoms in total. The Kier molecular flexibility index (Phi) is 6.81. The number of primary amides is 1. The summed E-state index contributed by atoms with van der Waals surface area (Å²) in [5.74, 6) is -0.214. The molecule has 0 aliphatic heterocycles. The van der Waals surface area contributed by atoms with Gasteiger partial charge in [0.25, 0.3) is 5.69 Å². The zero-order valence-electron chi connectivity index (χ0n) is 14.3. The van der Waals surface area contributed by atoms with Crippen LogP contribution in [-0.2, 0) is 4.74 Å². The number of nitro benzene ring substituents is 1. The van der Waals surface area contributed by atoms with E-state index >= 15 is 0 Å². The lowest BCUT2D eigenvalue weighted by Gasteiger charge is -2.16. The zero-order chi connectivity index (χ0) is 19.0. The fourth-order valence-corrected chi connectivity index (χ4v) is 1.82. The number of amides is 1. The number of nitrogens with zero attached hydrogens (tertiary/aromatic N) is 1. The zero-order valence-corrected chi connectivity index (χ0v) is 14.3. The van der Waals surface area contributed by atoms with E-state index in [1.165, 1.54) is 18.2 Å². The topological polar surface area (TPSA) is 113 Å². The van der Waals surface area contributed by atoms with E-state index in [1.807, 2.05) is 6.07 Å². The first-order valence-electron chi connectivity index (χ1n) is 7.43. The van der Waals surface area contributed by atoms with E-state index in [1.54, 1.807) is 51.1 Å². The van der Waals surface area contributed by atoms with E-state index < -0.39 is 16.6 Å². The Hall–Kier alpha value is -3.22. The number of rotatable bonds is 3. The molecule has 0 aromatic heterocycles. The average Bonchev–Trinajstić information content (AvgIpc) is 2.53. The highest BCUT2D eigenvalue weighted by molar-refractivity contribution is 6.09. The fourth-order valence-electron chi connectivity index (χ4n) is 1.82. The van der Waals surface area contributed by atoms with E-state index in [-0.39, 0.29) is 11.5 Å². The minimum Gasteiger partial charge on any atom is -0.444 e. The van der Waals surface area contributed by atoms with Gasteiger partial charge >= 0.3 is 6.09 Å². The molecule has 0 unspecified atom stereocenters. The Morgan fingerprint density at radius 3 is 2.00 bits per heavy atom. The molecule has 2 rings (SSSR count). The molecule has 0 fully saturated rings. The molecule has 132 valence electrons. The second-order valence-electron chi connectivity index (χ2n) is 6.04. The molecular formula is C18H20N2O5. The quantitative estimate of drug-likeness (QED) is 0.518. The van der Waals surface area contributed by atoms with Crippen molar-refractivity contribution in [2.75, 3.05) is 0 Å².